The molecule has 1 amide bonds. The molecule has 2 aliphatic heterocycles. The van der Waals surface area contributed by atoms with Crippen molar-refractivity contribution in [1.29, 1.82) is 0 Å². The lowest BCUT2D eigenvalue weighted by Gasteiger charge is -2.49. The summed E-state index contributed by atoms with van der Waals surface area (Å²) in [5, 5.41) is 4.39. The van der Waals surface area contributed by atoms with Crippen LogP contribution in [0.15, 0.2) is 29.4 Å². The SMILES string of the molecule is CO/N=C(\c1ccc(C)cc1)C1CCN(C2(C)CCN(C(C)=O)CC2)CC1. The summed E-state index contributed by atoms with van der Waals surface area (Å²) in [6.45, 7) is 10.1. The zero-order chi connectivity index (χ0) is 19.4. The summed E-state index contributed by atoms with van der Waals surface area (Å²) >= 11 is 0. The molecule has 1 aromatic rings. The largest absolute Gasteiger partial charge is 0.399 e. The third-order valence-corrected chi connectivity index (χ3v) is 6.47. The molecule has 148 valence electrons. The van der Waals surface area contributed by atoms with Crippen LogP contribution in [0, 0.1) is 12.8 Å². The third-order valence-electron chi connectivity index (χ3n) is 6.47. The summed E-state index contributed by atoms with van der Waals surface area (Å²) < 4.78 is 0. The van der Waals surface area contributed by atoms with E-state index < -0.39 is 0 Å². The number of hydrogen-bond acceptors (Lipinski definition) is 4. The minimum absolute atomic E-state index is 0.203. The van der Waals surface area contributed by atoms with Crippen molar-refractivity contribution < 1.29 is 9.63 Å². The van der Waals surface area contributed by atoms with Crippen molar-refractivity contribution in [2.75, 3.05) is 33.3 Å². The van der Waals surface area contributed by atoms with Crippen molar-refractivity contribution >= 4 is 11.6 Å². The van der Waals surface area contributed by atoms with E-state index in [1.54, 1.807) is 14.0 Å². The maximum Gasteiger partial charge on any atom is 0.219 e. The first-order valence-corrected chi connectivity index (χ1v) is 10.1. The van der Waals surface area contributed by atoms with E-state index in [2.05, 4.69) is 48.2 Å². The van der Waals surface area contributed by atoms with Crippen LogP contribution in [0.25, 0.3) is 0 Å². The predicted octanol–water partition coefficient (Wildman–Crippen LogP) is 3.46. The van der Waals surface area contributed by atoms with Gasteiger partial charge in [0.2, 0.25) is 5.91 Å². The number of carbonyl (C=O) groups is 1. The Hall–Kier alpha value is -1.88. The Bertz CT molecular complexity index is 667. The number of nitrogens with zero attached hydrogens (tertiary/aromatic N) is 3. The van der Waals surface area contributed by atoms with E-state index in [9.17, 15) is 4.79 Å². The number of rotatable bonds is 4. The second-order valence-corrected chi connectivity index (χ2v) is 8.29. The highest BCUT2D eigenvalue weighted by Crippen LogP contribution is 2.33. The van der Waals surface area contributed by atoms with Gasteiger partial charge in [-0.25, -0.2) is 0 Å². The molecule has 5 nitrogen and oxygen atoms in total. The number of likely N-dealkylation sites (tertiary alicyclic amines) is 2. The van der Waals surface area contributed by atoms with Gasteiger partial charge in [0, 0.05) is 31.5 Å². The van der Waals surface area contributed by atoms with Crippen LogP contribution in [-0.4, -0.2) is 60.2 Å². The summed E-state index contributed by atoms with van der Waals surface area (Å²) in [7, 11) is 1.63. The topological polar surface area (TPSA) is 45.1 Å². The van der Waals surface area contributed by atoms with Crippen LogP contribution in [0.1, 0.15) is 50.7 Å². The average molecular weight is 372 g/mol. The van der Waals surface area contributed by atoms with E-state index in [0.29, 0.717) is 5.92 Å². The standard InChI is InChI=1S/C22H33N3O2/c1-17-5-7-19(8-6-17)21(23-27-4)20-9-13-25(14-10-20)22(3)11-15-24(16-12-22)18(2)26/h5-8,20H,9-16H2,1-4H3/b23-21+. The van der Waals surface area contributed by atoms with Crippen LogP contribution >= 0.6 is 0 Å². The summed E-state index contributed by atoms with van der Waals surface area (Å²) in [5.74, 6) is 0.638. The number of hydrogen-bond donors (Lipinski definition) is 0. The zero-order valence-corrected chi connectivity index (χ0v) is 17.2. The van der Waals surface area contributed by atoms with Gasteiger partial charge in [-0.1, -0.05) is 35.0 Å². The van der Waals surface area contributed by atoms with Crippen molar-refractivity contribution in [3.63, 3.8) is 0 Å². The number of amides is 1. The van der Waals surface area contributed by atoms with E-state index in [0.717, 1.165) is 57.6 Å². The maximum absolute atomic E-state index is 11.6. The Morgan fingerprint density at radius 1 is 1.11 bits per heavy atom. The van der Waals surface area contributed by atoms with Gasteiger partial charge in [-0.05, 0) is 58.2 Å². The van der Waals surface area contributed by atoms with Gasteiger partial charge in [0.15, 0.2) is 0 Å². The van der Waals surface area contributed by atoms with E-state index in [1.807, 2.05) is 4.90 Å². The number of aryl methyl sites for hydroxylation is 1. The number of benzene rings is 1. The summed E-state index contributed by atoms with van der Waals surface area (Å²) in [4.78, 5) is 21.4. The van der Waals surface area contributed by atoms with E-state index in [1.165, 1.54) is 11.1 Å². The first kappa shape index (κ1) is 19.9. The highest BCUT2D eigenvalue weighted by molar-refractivity contribution is 6.02. The van der Waals surface area contributed by atoms with Gasteiger partial charge in [0.1, 0.15) is 7.11 Å². The minimum atomic E-state index is 0.203. The molecule has 2 fully saturated rings. The van der Waals surface area contributed by atoms with Gasteiger partial charge in [0.05, 0.1) is 5.71 Å². The van der Waals surface area contributed by atoms with E-state index >= 15 is 0 Å². The van der Waals surface area contributed by atoms with Crippen molar-refractivity contribution in [3.8, 4) is 0 Å². The van der Waals surface area contributed by atoms with Gasteiger partial charge < -0.3 is 9.74 Å². The lowest BCUT2D eigenvalue weighted by molar-refractivity contribution is -0.131. The molecule has 0 radical (unpaired) electrons. The number of oxime groups is 1. The minimum Gasteiger partial charge on any atom is -0.399 e. The van der Waals surface area contributed by atoms with Crippen molar-refractivity contribution in [3.05, 3.63) is 35.4 Å². The molecule has 0 aliphatic carbocycles. The summed E-state index contributed by atoms with van der Waals surface area (Å²) in [6, 6.07) is 8.58. The lowest BCUT2D eigenvalue weighted by Crippen LogP contribution is -2.56. The summed E-state index contributed by atoms with van der Waals surface area (Å²) in [5.41, 5.74) is 3.71. The molecule has 5 heteroatoms. The molecule has 3 rings (SSSR count). The quantitative estimate of drug-likeness (QED) is 0.601. The molecule has 0 saturated carbocycles. The van der Waals surface area contributed by atoms with Gasteiger partial charge in [-0.15, -0.1) is 0 Å². The molecule has 2 saturated heterocycles. The molecule has 0 aromatic heterocycles. The predicted molar refractivity (Wildman–Crippen MR) is 109 cm³/mol. The highest BCUT2D eigenvalue weighted by atomic mass is 16.6. The lowest BCUT2D eigenvalue weighted by atomic mass is 9.82. The first-order chi connectivity index (χ1) is 12.9. The van der Waals surface area contributed by atoms with E-state index in [4.69, 9.17) is 4.84 Å². The molecule has 2 heterocycles. The molecular weight excluding hydrogens is 338 g/mol. The molecule has 0 unspecified atom stereocenters. The first-order valence-electron chi connectivity index (χ1n) is 10.1. The zero-order valence-electron chi connectivity index (χ0n) is 17.2. The monoisotopic (exact) mass is 371 g/mol. The molecule has 27 heavy (non-hydrogen) atoms. The molecule has 1 aromatic carbocycles. The van der Waals surface area contributed by atoms with Crippen LogP contribution < -0.4 is 0 Å². The molecule has 2 aliphatic rings. The average Bonchev–Trinajstić information content (AvgIpc) is 2.67. The Morgan fingerprint density at radius 3 is 2.22 bits per heavy atom. The van der Waals surface area contributed by atoms with Crippen LogP contribution in [0.4, 0.5) is 0 Å². The van der Waals surface area contributed by atoms with Crippen LogP contribution in [-0.2, 0) is 9.63 Å². The fourth-order valence-electron chi connectivity index (χ4n) is 4.50. The smallest absolute Gasteiger partial charge is 0.219 e. The van der Waals surface area contributed by atoms with Crippen molar-refractivity contribution in [2.45, 2.75) is 52.0 Å². The highest BCUT2D eigenvalue weighted by Gasteiger charge is 2.38. The molecule has 0 bridgehead atoms. The fraction of sp³-hybridized carbons (Fsp3) is 0.636. The Morgan fingerprint density at radius 2 is 1.70 bits per heavy atom. The Balaban J connectivity index is 1.63. The fourth-order valence-corrected chi connectivity index (χ4v) is 4.50. The normalized spacial score (nSPS) is 21.9. The number of carbonyl (C=O) groups excluding carboxylic acids is 1. The second-order valence-electron chi connectivity index (χ2n) is 8.29. The third kappa shape index (κ3) is 4.52. The maximum atomic E-state index is 11.6. The number of piperidine rings is 2. The van der Waals surface area contributed by atoms with Crippen LogP contribution in [0.5, 0.6) is 0 Å². The van der Waals surface area contributed by atoms with Crippen molar-refractivity contribution in [1.82, 2.24) is 9.80 Å². The van der Waals surface area contributed by atoms with Gasteiger partial charge in [-0.3, -0.25) is 9.69 Å². The van der Waals surface area contributed by atoms with Gasteiger partial charge >= 0.3 is 0 Å². The van der Waals surface area contributed by atoms with Gasteiger partial charge in [-0.2, -0.15) is 0 Å². The molecular formula is C22H33N3O2. The Labute approximate surface area is 163 Å². The molecule has 0 N–H and O–H groups in total. The van der Waals surface area contributed by atoms with Gasteiger partial charge in [0.25, 0.3) is 0 Å². The van der Waals surface area contributed by atoms with Crippen LogP contribution in [0.3, 0.4) is 0 Å². The van der Waals surface area contributed by atoms with E-state index in [-0.39, 0.29) is 11.4 Å². The molecule has 0 spiro atoms. The van der Waals surface area contributed by atoms with Crippen molar-refractivity contribution in [2.24, 2.45) is 11.1 Å². The second kappa shape index (κ2) is 8.42. The summed E-state index contributed by atoms with van der Waals surface area (Å²) in [6.07, 6.45) is 4.33. The molecule has 0 atom stereocenters. The Kier molecular flexibility index (Phi) is 6.20. The van der Waals surface area contributed by atoms with Crippen LogP contribution in [0.2, 0.25) is 0 Å².